The molecule has 144 heavy (non-hydrogen) atoms. The molecule has 0 amide bonds. The number of alkyl halides is 4. The molecule has 60 heteroatoms. The molecule has 15 rings (SSSR count). The molecule has 0 bridgehead atoms. The fraction of sp³-hybridized carbons (Fsp3) is 0.738. The monoisotopic (exact) mass is 2240 g/mol. The summed E-state index contributed by atoms with van der Waals surface area (Å²) in [6.07, 6.45) is -2.59. The van der Waals surface area contributed by atoms with Crippen LogP contribution in [0, 0.1) is 0 Å². The Kier molecular flexibility index (Phi) is 47.4. The van der Waals surface area contributed by atoms with Crippen LogP contribution < -0.4 is 109 Å². The van der Waals surface area contributed by atoms with E-state index in [1.165, 1.54) is 59.5 Å². The van der Waals surface area contributed by atoms with Crippen molar-refractivity contribution in [3.8, 4) is 0 Å². The second-order valence-electron chi connectivity index (χ2n) is 38.5. The third-order valence-corrected chi connectivity index (χ3v) is 59.1. The number of aliphatic hydroxyl groups is 5. The Morgan fingerprint density at radius 3 is 1.02 bits per heavy atom. The minimum atomic E-state index is -6.07. The number of ether oxygens (including phenoxy) is 4. The number of hydrogen-bond donors (Lipinski definition) is 9. The normalized spacial score (nSPS) is 26.3. The van der Waals surface area contributed by atoms with Crippen molar-refractivity contribution in [1.82, 2.24) is 78.1 Å². The zero-order valence-corrected chi connectivity index (χ0v) is 101. The number of thioether (sulfide) groups is 1. The van der Waals surface area contributed by atoms with Gasteiger partial charge in [0.05, 0.1) is 71.6 Å². The quantitative estimate of drug-likeness (QED) is 0.0169. The minimum Gasteiger partial charge on any atom is -0.857 e. The summed E-state index contributed by atoms with van der Waals surface area (Å²) in [7, 11) is -22.8. The van der Waals surface area contributed by atoms with E-state index in [4.69, 9.17) is 102 Å². The largest absolute Gasteiger partial charge is 1.00 e. The Morgan fingerprint density at radius 2 is 0.736 bits per heavy atom. The van der Waals surface area contributed by atoms with Crippen molar-refractivity contribution < 1.29 is 215 Å². The molecule has 7 aliphatic rings. The minimum absolute atomic E-state index is 0. The second-order valence-corrected chi connectivity index (χ2v) is 68.1. The number of fused-ring (bicyclic) bond motifs is 7. The molecule has 0 saturated carbocycles. The van der Waals surface area contributed by atoms with Gasteiger partial charge in [-0.1, -0.05) is 178 Å². The van der Waals surface area contributed by atoms with Crippen LogP contribution in [0.5, 0.6) is 0 Å². The number of rotatable bonds is 20. The molecule has 16 atom stereocenters. The topological polar surface area (TPSA) is 609 Å². The Hall–Kier alpha value is -3.95. The molecule has 15 heterocycles. The van der Waals surface area contributed by atoms with Gasteiger partial charge in [0.25, 0.3) is 5.97 Å². The van der Waals surface area contributed by atoms with Crippen molar-refractivity contribution in [2.24, 2.45) is 0 Å². The number of halogens is 4. The zero-order chi connectivity index (χ0) is 108. The molecule has 45 nitrogen and oxygen atoms in total. The number of carbonyl (C=O) groups is 2. The van der Waals surface area contributed by atoms with E-state index in [1.54, 1.807) is 24.1 Å². The SMILES string of the molecule is CC(=O)O[S-].CC(=O)SC1[C@H]2O[Si](C(C)C)(C(C)C)O[Si](C(C)C)(C(C)C)OC[C@H]2O[C@H]1n1cnc2c(N)ncnc21.CC(C)[Si]1(C(C)C)OC[C@H]2O[C@@H](n3cnc4c(N)ncnc43)C(O)[C@H]2O[Si](C(C)C)(C(C)C)O1.CC(C)[Si]1(C(C)C)OC[C@H]2O[C@@H](n3cnc4c(N)ncnc43)C(OS(=O)(=O)C(F)(F)F)[C@H]2O[Si](C(C)C)(C(C)C)O1.CO.C[O-].Nc1ncnc2c1ncn2[C@@H]1O[C@H](CO)[C@H](O)C1O.[2H]CF.[K+].[Na+]. The van der Waals surface area contributed by atoms with Crippen molar-refractivity contribution in [3.63, 3.8) is 0 Å². The maximum absolute atomic E-state index is 13.6. The predicted octanol–water partition coefficient (Wildman–Crippen LogP) is 4.24. The molecule has 0 radical (unpaired) electrons. The van der Waals surface area contributed by atoms with Crippen molar-refractivity contribution in [2.75, 3.05) is 70.7 Å². The van der Waals surface area contributed by atoms with Crippen LogP contribution in [0.25, 0.3) is 44.7 Å². The van der Waals surface area contributed by atoms with Crippen LogP contribution >= 0.6 is 11.8 Å². The summed E-state index contributed by atoms with van der Waals surface area (Å²) >= 11 is 5.06. The molecule has 0 aliphatic carbocycles. The van der Waals surface area contributed by atoms with Gasteiger partial charge in [-0.3, -0.25) is 36.4 Å². The van der Waals surface area contributed by atoms with Crippen LogP contribution in [-0.4, -0.2) is 300 Å². The van der Waals surface area contributed by atoms with Crippen LogP contribution in [0.4, 0.5) is 40.8 Å². The smallest absolute Gasteiger partial charge is 0.857 e. The summed E-state index contributed by atoms with van der Waals surface area (Å²) in [5.41, 5.74) is 22.2. The maximum Gasteiger partial charge on any atom is 1.00 e. The number of hydrogen-bond acceptors (Lipinski definition) is 43. The number of aromatic nitrogens is 16. The Morgan fingerprint density at radius 1 is 0.472 bits per heavy atom. The first-order chi connectivity index (χ1) is 67.0. The van der Waals surface area contributed by atoms with Gasteiger partial charge >= 0.3 is 148 Å². The summed E-state index contributed by atoms with van der Waals surface area (Å²) in [6, 6.07) is 0. The van der Waals surface area contributed by atoms with E-state index >= 15 is 0 Å². The van der Waals surface area contributed by atoms with E-state index in [0.717, 1.165) is 20.5 Å². The van der Waals surface area contributed by atoms with E-state index in [0.29, 0.717) is 52.5 Å². The van der Waals surface area contributed by atoms with Crippen LogP contribution in [0.15, 0.2) is 50.6 Å². The Balaban J connectivity index is 0.000000289. The average Bonchev–Trinajstić information content (AvgIpc) is 1.71. The van der Waals surface area contributed by atoms with Crippen LogP contribution in [0.3, 0.4) is 0 Å². The molecule has 7 aliphatic heterocycles. The molecular weight excluding hydrogens is 2090 g/mol. The van der Waals surface area contributed by atoms with Gasteiger partial charge in [0.15, 0.2) is 82.0 Å². The first-order valence-electron chi connectivity index (χ1n) is 47.4. The summed E-state index contributed by atoms with van der Waals surface area (Å²) in [5, 5.41) is 55.1. The molecule has 7 fully saturated rings. The third-order valence-electron chi connectivity index (χ3n) is 26.0. The molecule has 8 aromatic rings. The number of carbonyl (C=O) groups excluding carboxylic acids is 2. The number of nitrogens with zero attached hydrogens (tertiary/aromatic N) is 16. The van der Waals surface area contributed by atoms with Gasteiger partial charge in [0.2, 0.25) is 0 Å². The molecular formula is C84H144F4KN20NaO25S3Si6. The summed E-state index contributed by atoms with van der Waals surface area (Å²) in [5.74, 6) is 0.399. The number of aliphatic hydroxyl groups excluding tert-OH is 5. The third kappa shape index (κ3) is 26.5. The van der Waals surface area contributed by atoms with Crippen LogP contribution in [-0.2, 0) is 98.8 Å². The van der Waals surface area contributed by atoms with Crippen molar-refractivity contribution >= 4 is 165 Å². The molecule has 13 N–H and O–H groups in total. The second kappa shape index (κ2) is 53.7. The number of nitrogens with two attached hydrogens (primary N) is 4. The first-order valence-corrected chi connectivity index (χ1v) is 61.1. The van der Waals surface area contributed by atoms with Crippen molar-refractivity contribution in [2.45, 2.75) is 349 Å². The molecule has 0 spiro atoms. The first kappa shape index (κ1) is 127. The van der Waals surface area contributed by atoms with Gasteiger partial charge in [0.1, 0.15) is 102 Å². The molecule has 802 valence electrons. The van der Waals surface area contributed by atoms with E-state index in [2.05, 4.69) is 188 Å². The standard InChI is InChI=1S/C24H41N5O5SSi2.C23H38F3N5O7SSi2.C22H39N5O5Si2.C10H13N5O4.C2H4O2S.CH3F.CH4O.CH3O.K.Na/c1-13(2)36(14(3)4)31-10-18-20(33-37(34-36,15(5)6)16(7)8)21(35-17(9)30)24(32-18)29-12-28-19-22(25)26-11-27-23(19)29;1-12(2)40(13(3)4)34-9-16-18(37-41(38-40,14(5)6)15(7)8)19(36-39(32,33)23(24,25)26)22(35-16)31-11-30-17-20(27)28-10-29-21(17)31;1-12(2)33(13(3)4)29-9-16-19(31-34(32-33,14(5)6)15(7)8)18(28)22(30-16)27-11-26-17-20(23)24-10-25-21(17)27;11-8-5-9(13-2-12-8)15(3-14-5)10-7(18)6(17)4(1-16)19-10;1-2(3)4-5;3*1-2;;/h11-16,18,20-21,24H,10H2,1-9H3,(H2,25,26,27);10-16,18-19,22H,9H2,1-8H3,(H2,27,28,29);10-16,18-19,22,28H,9H2,1-8H3,(H2,23,24,25);2-4,6-7,10,16-18H,1H2,(H2,11,12,13);5H,1H3;1H3;2H,1H3;1H3;;/q;;;;;;;-1;2*+1/p-1/t18-,20+,21?,24-;16-,18+,19?,22-;16-,18?,19+,22-;4-,6+,7?,10-;;;;;;/m1111....../s1/i;;;;;1D;;;;. The van der Waals surface area contributed by atoms with E-state index < -0.39 is 173 Å². The Bertz CT molecular complexity index is 5540. The average molecular weight is 2240 g/mol. The van der Waals surface area contributed by atoms with Gasteiger partial charge in [-0.05, 0) is 66.5 Å². The summed E-state index contributed by atoms with van der Waals surface area (Å²) in [4.78, 5) is 71.7. The molecule has 0 aromatic carbocycles. The van der Waals surface area contributed by atoms with E-state index in [1.807, 2.05) is 60.0 Å². The fourth-order valence-corrected chi connectivity index (χ4v) is 54.4. The fourth-order valence-electron chi connectivity index (χ4n) is 19.0. The summed E-state index contributed by atoms with van der Waals surface area (Å²) < 4.78 is 184. The van der Waals surface area contributed by atoms with Gasteiger partial charge in [0, 0.05) is 21.0 Å². The van der Waals surface area contributed by atoms with Gasteiger partial charge < -0.3 is 129 Å². The maximum atomic E-state index is 13.6. The van der Waals surface area contributed by atoms with Crippen molar-refractivity contribution in [1.29, 1.82) is 0 Å². The predicted molar refractivity (Wildman–Crippen MR) is 533 cm³/mol. The zero-order valence-electron chi connectivity index (χ0n) is 88.4. The van der Waals surface area contributed by atoms with E-state index in [9.17, 15) is 50.9 Å². The van der Waals surface area contributed by atoms with Gasteiger partial charge in [-0.2, -0.15) is 28.7 Å². The molecule has 4 unspecified atom stereocenters. The van der Waals surface area contributed by atoms with Crippen LogP contribution in [0.1, 0.15) is 206 Å². The number of imidazole rings is 4. The van der Waals surface area contributed by atoms with Crippen molar-refractivity contribution in [3.05, 3.63) is 50.6 Å². The molecule has 7 saturated heterocycles. The van der Waals surface area contributed by atoms with E-state index in [-0.39, 0.29) is 199 Å². The molecule has 8 aromatic heterocycles. The number of nitrogen functional groups attached to an aromatic ring is 4. The van der Waals surface area contributed by atoms with Gasteiger partial charge in [-0.15, -0.1) is 0 Å². The van der Waals surface area contributed by atoms with Gasteiger partial charge in [-0.25, -0.2) is 59.8 Å². The number of anilines is 4. The van der Waals surface area contributed by atoms with Crippen LogP contribution in [0.2, 0.25) is 66.5 Å². The Labute approximate surface area is 920 Å². The summed E-state index contributed by atoms with van der Waals surface area (Å²) in [6.45, 7) is 53.6.